The SMILES string of the molecule is CC(=O)N1CCC(COc2ccnc3[nH]cc(-c4ccc(C(=O)NS(C)(=O)=O)cc4)c23)CC1.N. The molecule has 0 aliphatic carbocycles. The average Bonchev–Trinajstić information content (AvgIpc) is 3.22. The second-order valence-corrected chi connectivity index (χ2v) is 10.0. The van der Waals surface area contributed by atoms with E-state index in [2.05, 4.69) is 9.97 Å². The normalized spacial score (nSPS) is 14.5. The maximum Gasteiger partial charge on any atom is 0.264 e. The van der Waals surface area contributed by atoms with Crippen LogP contribution in [0.1, 0.15) is 30.1 Å². The number of hydrogen-bond donors (Lipinski definition) is 3. The molecule has 182 valence electrons. The predicted octanol–water partition coefficient (Wildman–Crippen LogP) is 2.72. The molecule has 1 aliphatic heterocycles. The van der Waals surface area contributed by atoms with Crippen LogP contribution in [0.4, 0.5) is 0 Å². The van der Waals surface area contributed by atoms with Crippen LogP contribution in [0.3, 0.4) is 0 Å². The lowest BCUT2D eigenvalue weighted by Gasteiger charge is -2.31. The summed E-state index contributed by atoms with van der Waals surface area (Å²) in [5, 5.41) is 0.840. The summed E-state index contributed by atoms with van der Waals surface area (Å²) < 4.78 is 30.8. The Hall–Kier alpha value is -3.44. The number of aromatic nitrogens is 2. The molecule has 2 aromatic heterocycles. The Kier molecular flexibility index (Phi) is 7.57. The molecule has 1 saturated heterocycles. The third kappa shape index (κ3) is 5.72. The molecular formula is C23H29N5O5S. The van der Waals surface area contributed by atoms with Gasteiger partial charge in [0.2, 0.25) is 15.9 Å². The van der Waals surface area contributed by atoms with Gasteiger partial charge in [0, 0.05) is 43.5 Å². The van der Waals surface area contributed by atoms with Gasteiger partial charge in [-0.2, -0.15) is 0 Å². The zero-order chi connectivity index (χ0) is 23.6. The van der Waals surface area contributed by atoms with Gasteiger partial charge in [0.05, 0.1) is 18.2 Å². The number of likely N-dealkylation sites (tertiary alicyclic amines) is 1. The molecule has 1 aromatic carbocycles. The van der Waals surface area contributed by atoms with E-state index in [0.717, 1.165) is 48.7 Å². The first-order valence-electron chi connectivity index (χ1n) is 10.7. The predicted molar refractivity (Wildman–Crippen MR) is 129 cm³/mol. The summed E-state index contributed by atoms with van der Waals surface area (Å²) >= 11 is 0. The van der Waals surface area contributed by atoms with Gasteiger partial charge < -0.3 is 20.8 Å². The Labute approximate surface area is 198 Å². The van der Waals surface area contributed by atoms with E-state index in [1.165, 1.54) is 0 Å². The van der Waals surface area contributed by atoms with Crippen molar-refractivity contribution in [1.29, 1.82) is 0 Å². The van der Waals surface area contributed by atoms with Gasteiger partial charge in [-0.15, -0.1) is 0 Å². The molecule has 10 nitrogen and oxygen atoms in total. The molecule has 34 heavy (non-hydrogen) atoms. The first-order chi connectivity index (χ1) is 15.7. The number of rotatable bonds is 6. The van der Waals surface area contributed by atoms with Gasteiger partial charge in [-0.25, -0.2) is 18.1 Å². The topological polar surface area (TPSA) is 156 Å². The number of nitrogens with one attached hydrogen (secondary N) is 2. The Morgan fingerprint density at radius 1 is 1.18 bits per heavy atom. The Morgan fingerprint density at radius 3 is 2.47 bits per heavy atom. The summed E-state index contributed by atoms with van der Waals surface area (Å²) in [5.74, 6) is 0.523. The monoisotopic (exact) mass is 487 g/mol. The maximum absolute atomic E-state index is 12.1. The van der Waals surface area contributed by atoms with Gasteiger partial charge in [0.15, 0.2) is 0 Å². The van der Waals surface area contributed by atoms with Crippen LogP contribution >= 0.6 is 0 Å². The molecule has 3 aromatic rings. The quantitative estimate of drug-likeness (QED) is 0.482. The smallest absolute Gasteiger partial charge is 0.264 e. The number of carbonyl (C=O) groups excluding carboxylic acids is 2. The number of sulfonamides is 1. The van der Waals surface area contributed by atoms with Crippen LogP contribution in [0, 0.1) is 5.92 Å². The van der Waals surface area contributed by atoms with Gasteiger partial charge in [-0.3, -0.25) is 9.59 Å². The van der Waals surface area contributed by atoms with E-state index in [9.17, 15) is 18.0 Å². The number of piperidine rings is 1. The van der Waals surface area contributed by atoms with Crippen LogP contribution < -0.4 is 15.6 Å². The lowest BCUT2D eigenvalue weighted by Crippen LogP contribution is -2.38. The molecule has 3 heterocycles. The lowest BCUT2D eigenvalue weighted by atomic mass is 9.98. The van der Waals surface area contributed by atoms with Crippen LogP contribution in [-0.2, 0) is 14.8 Å². The summed E-state index contributed by atoms with van der Waals surface area (Å²) in [4.78, 5) is 33.0. The van der Waals surface area contributed by atoms with Gasteiger partial charge in [0.25, 0.3) is 5.91 Å². The fourth-order valence-corrected chi connectivity index (χ4v) is 4.48. The highest BCUT2D eigenvalue weighted by Crippen LogP contribution is 2.35. The minimum Gasteiger partial charge on any atom is -0.492 e. The highest BCUT2D eigenvalue weighted by atomic mass is 32.2. The van der Waals surface area contributed by atoms with Gasteiger partial charge in [0.1, 0.15) is 11.4 Å². The fraction of sp³-hybridized carbons (Fsp3) is 0.348. The molecule has 1 aliphatic rings. The van der Waals surface area contributed by atoms with Crippen molar-refractivity contribution in [2.75, 3.05) is 26.0 Å². The van der Waals surface area contributed by atoms with Crippen molar-refractivity contribution in [3.63, 3.8) is 0 Å². The van der Waals surface area contributed by atoms with Crippen molar-refractivity contribution in [2.45, 2.75) is 19.8 Å². The van der Waals surface area contributed by atoms with E-state index in [-0.39, 0.29) is 17.6 Å². The Bertz CT molecular complexity index is 1280. The highest BCUT2D eigenvalue weighted by molar-refractivity contribution is 7.89. The minimum atomic E-state index is -3.63. The number of benzene rings is 1. The van der Waals surface area contributed by atoms with E-state index in [1.807, 2.05) is 21.9 Å². The lowest BCUT2D eigenvalue weighted by molar-refractivity contribution is -0.130. The minimum absolute atomic E-state index is 0. The Balaban J connectivity index is 0.00000324. The van der Waals surface area contributed by atoms with Gasteiger partial charge in [-0.05, 0) is 42.5 Å². The van der Waals surface area contributed by atoms with Crippen LogP contribution in [0.25, 0.3) is 22.2 Å². The summed E-state index contributed by atoms with van der Waals surface area (Å²) in [5.41, 5.74) is 2.64. The summed E-state index contributed by atoms with van der Waals surface area (Å²) in [6.07, 6.45) is 6.28. The number of fused-ring (bicyclic) bond motifs is 1. The van der Waals surface area contributed by atoms with Crippen molar-refractivity contribution < 1.29 is 22.7 Å². The van der Waals surface area contributed by atoms with Crippen molar-refractivity contribution >= 4 is 32.9 Å². The molecule has 0 saturated carbocycles. The number of nitrogens with zero attached hydrogens (tertiary/aromatic N) is 2. The number of aromatic amines is 1. The number of amides is 2. The second-order valence-electron chi connectivity index (χ2n) is 8.28. The average molecular weight is 488 g/mol. The van der Waals surface area contributed by atoms with Gasteiger partial charge in [-0.1, -0.05) is 12.1 Å². The standard InChI is InChI=1S/C23H26N4O5S.H3N/c1-15(28)27-11-8-16(9-12-27)14-32-20-7-10-24-22-21(20)19(13-25-22)17-3-5-18(6-4-17)23(29)26-33(2,30)31;/h3-7,10,13,16H,8-9,11-12,14H2,1-2H3,(H,24,25)(H,26,29);1H3. The van der Waals surface area contributed by atoms with E-state index in [1.54, 1.807) is 37.4 Å². The van der Waals surface area contributed by atoms with Crippen LogP contribution in [0.15, 0.2) is 42.7 Å². The first-order valence-corrected chi connectivity index (χ1v) is 12.6. The van der Waals surface area contributed by atoms with E-state index >= 15 is 0 Å². The molecule has 0 unspecified atom stereocenters. The maximum atomic E-state index is 12.1. The molecule has 1 fully saturated rings. The molecular weight excluding hydrogens is 458 g/mol. The van der Waals surface area contributed by atoms with Crippen molar-refractivity contribution in [1.82, 2.24) is 25.7 Å². The highest BCUT2D eigenvalue weighted by Gasteiger charge is 2.22. The van der Waals surface area contributed by atoms with E-state index in [0.29, 0.717) is 23.9 Å². The zero-order valence-corrected chi connectivity index (χ0v) is 20.0. The van der Waals surface area contributed by atoms with Crippen LogP contribution in [-0.4, -0.2) is 61.1 Å². The summed E-state index contributed by atoms with van der Waals surface area (Å²) in [7, 11) is -3.63. The number of pyridine rings is 1. The molecule has 4 rings (SSSR count). The molecule has 0 radical (unpaired) electrons. The number of carbonyl (C=O) groups is 2. The number of ether oxygens (including phenoxy) is 1. The fourth-order valence-electron chi connectivity index (χ4n) is 4.03. The Morgan fingerprint density at radius 2 is 1.85 bits per heavy atom. The van der Waals surface area contributed by atoms with Crippen molar-refractivity contribution in [3.8, 4) is 16.9 Å². The largest absolute Gasteiger partial charge is 0.492 e. The zero-order valence-electron chi connectivity index (χ0n) is 19.2. The molecule has 5 N–H and O–H groups in total. The number of H-pyrrole nitrogens is 1. The number of hydrogen-bond acceptors (Lipinski definition) is 7. The third-order valence-electron chi connectivity index (χ3n) is 5.81. The van der Waals surface area contributed by atoms with Crippen molar-refractivity contribution in [3.05, 3.63) is 48.3 Å². The molecule has 11 heteroatoms. The van der Waals surface area contributed by atoms with E-state index < -0.39 is 15.9 Å². The van der Waals surface area contributed by atoms with E-state index in [4.69, 9.17) is 4.74 Å². The summed E-state index contributed by atoms with van der Waals surface area (Å²) in [6.45, 7) is 3.66. The van der Waals surface area contributed by atoms with Crippen molar-refractivity contribution in [2.24, 2.45) is 5.92 Å². The molecule has 0 spiro atoms. The van der Waals surface area contributed by atoms with Crippen LogP contribution in [0.5, 0.6) is 5.75 Å². The summed E-state index contributed by atoms with van der Waals surface area (Å²) in [6, 6.07) is 8.50. The molecule has 0 atom stereocenters. The second kappa shape index (κ2) is 10.2. The molecule has 0 bridgehead atoms. The van der Waals surface area contributed by atoms with Gasteiger partial charge >= 0.3 is 0 Å². The third-order valence-corrected chi connectivity index (χ3v) is 6.36. The van der Waals surface area contributed by atoms with Crippen LogP contribution in [0.2, 0.25) is 0 Å². The first kappa shape index (κ1) is 25.2. The molecule has 2 amide bonds.